The van der Waals surface area contributed by atoms with Gasteiger partial charge in [0.25, 0.3) is 0 Å². The molecule has 2 heteroatoms. The lowest BCUT2D eigenvalue weighted by atomic mass is 10.0. The Morgan fingerprint density at radius 2 is 1.63 bits per heavy atom. The molecule has 0 aliphatic carbocycles. The van der Waals surface area contributed by atoms with E-state index in [0.717, 1.165) is 22.9 Å². The van der Waals surface area contributed by atoms with Gasteiger partial charge in [0.2, 0.25) is 0 Å². The Morgan fingerprint density at radius 3 is 2.42 bits per heavy atom. The Balaban J connectivity index is 2.11. The van der Waals surface area contributed by atoms with Gasteiger partial charge in [0.05, 0.1) is 11.4 Å². The third-order valence-electron chi connectivity index (χ3n) is 3.22. The Morgan fingerprint density at radius 1 is 0.895 bits per heavy atom. The summed E-state index contributed by atoms with van der Waals surface area (Å²) in [5, 5.41) is 2.15. The summed E-state index contributed by atoms with van der Waals surface area (Å²) in [6.07, 6.45) is 0.731. The third-order valence-corrected chi connectivity index (χ3v) is 3.22. The van der Waals surface area contributed by atoms with Crippen LogP contribution in [-0.2, 0) is 13.1 Å². The number of pyridine rings is 1. The van der Waals surface area contributed by atoms with Crippen molar-refractivity contribution < 1.29 is 4.39 Å². The molecule has 2 aromatic carbocycles. The van der Waals surface area contributed by atoms with Crippen LogP contribution in [0.5, 0.6) is 0 Å². The monoisotopic (exact) mass is 251 g/mol. The number of hydrogen-bond acceptors (Lipinski definition) is 1. The lowest BCUT2D eigenvalue weighted by Crippen LogP contribution is -1.97. The Hall–Kier alpha value is -2.22. The van der Waals surface area contributed by atoms with Gasteiger partial charge in [-0.25, -0.2) is 4.39 Å². The maximum atomic E-state index is 12.9. The first-order valence-electron chi connectivity index (χ1n) is 6.34. The van der Waals surface area contributed by atoms with Crippen LogP contribution in [0.25, 0.3) is 10.8 Å². The van der Waals surface area contributed by atoms with Gasteiger partial charge in [-0.15, -0.1) is 0 Å². The van der Waals surface area contributed by atoms with Crippen LogP contribution in [0.4, 0.5) is 4.39 Å². The SMILES string of the molecule is FCc1cc2ccccc2c(Cc2ccccc2)n1. The van der Waals surface area contributed by atoms with Crippen molar-refractivity contribution in [2.75, 3.05) is 0 Å². The van der Waals surface area contributed by atoms with Gasteiger partial charge in [0.1, 0.15) is 6.67 Å². The molecule has 19 heavy (non-hydrogen) atoms. The Bertz CT molecular complexity index is 692. The normalized spacial score (nSPS) is 10.8. The zero-order valence-electron chi connectivity index (χ0n) is 10.5. The van der Waals surface area contributed by atoms with Crippen molar-refractivity contribution >= 4 is 10.8 Å². The van der Waals surface area contributed by atoms with Gasteiger partial charge >= 0.3 is 0 Å². The van der Waals surface area contributed by atoms with Crippen molar-refractivity contribution in [3.05, 3.63) is 77.6 Å². The molecule has 0 N–H and O–H groups in total. The Labute approximate surface area is 111 Å². The van der Waals surface area contributed by atoms with Crippen molar-refractivity contribution in [2.24, 2.45) is 0 Å². The summed E-state index contributed by atoms with van der Waals surface area (Å²) in [7, 11) is 0. The largest absolute Gasteiger partial charge is 0.254 e. The zero-order valence-corrected chi connectivity index (χ0v) is 10.5. The van der Waals surface area contributed by atoms with Crippen molar-refractivity contribution in [3.8, 4) is 0 Å². The van der Waals surface area contributed by atoms with E-state index in [-0.39, 0.29) is 0 Å². The first-order chi connectivity index (χ1) is 9.36. The number of nitrogens with zero attached hydrogens (tertiary/aromatic N) is 1. The molecule has 1 heterocycles. The van der Waals surface area contributed by atoms with E-state index in [4.69, 9.17) is 0 Å². The summed E-state index contributed by atoms with van der Waals surface area (Å²) in [5.41, 5.74) is 2.64. The molecule has 0 spiro atoms. The smallest absolute Gasteiger partial charge is 0.131 e. The number of rotatable bonds is 3. The second kappa shape index (κ2) is 5.19. The summed E-state index contributed by atoms with van der Waals surface area (Å²) >= 11 is 0. The molecule has 0 saturated carbocycles. The summed E-state index contributed by atoms with van der Waals surface area (Å²) in [4.78, 5) is 4.44. The maximum Gasteiger partial charge on any atom is 0.131 e. The second-order valence-electron chi connectivity index (χ2n) is 4.58. The molecule has 0 fully saturated rings. The van der Waals surface area contributed by atoms with Crippen molar-refractivity contribution in [2.45, 2.75) is 13.1 Å². The lowest BCUT2D eigenvalue weighted by Gasteiger charge is -2.08. The second-order valence-corrected chi connectivity index (χ2v) is 4.58. The van der Waals surface area contributed by atoms with E-state index in [1.165, 1.54) is 5.56 Å². The fourth-order valence-electron chi connectivity index (χ4n) is 2.32. The minimum absolute atomic E-state index is 0.504. The molecule has 0 saturated heterocycles. The molecule has 0 aliphatic heterocycles. The van der Waals surface area contributed by atoms with Crippen LogP contribution in [0.3, 0.4) is 0 Å². The fraction of sp³-hybridized carbons (Fsp3) is 0.118. The van der Waals surface area contributed by atoms with E-state index in [0.29, 0.717) is 5.69 Å². The summed E-state index contributed by atoms with van der Waals surface area (Å²) in [6.45, 7) is -0.521. The Kier molecular flexibility index (Phi) is 3.23. The van der Waals surface area contributed by atoms with Gasteiger partial charge in [-0.3, -0.25) is 4.98 Å². The quantitative estimate of drug-likeness (QED) is 0.676. The summed E-state index contributed by atoms with van der Waals surface area (Å²) in [5.74, 6) is 0. The zero-order chi connectivity index (χ0) is 13.1. The molecule has 3 aromatic rings. The summed E-state index contributed by atoms with van der Waals surface area (Å²) < 4.78 is 12.9. The average Bonchev–Trinajstić information content (AvgIpc) is 2.48. The van der Waals surface area contributed by atoms with E-state index in [2.05, 4.69) is 17.1 Å². The van der Waals surface area contributed by atoms with Crippen LogP contribution in [0.15, 0.2) is 60.7 Å². The van der Waals surface area contributed by atoms with Crippen LogP contribution in [0, 0.1) is 0 Å². The summed E-state index contributed by atoms with van der Waals surface area (Å²) in [6, 6.07) is 20.0. The minimum Gasteiger partial charge on any atom is -0.254 e. The standard InChI is InChI=1S/C17H14FN/c18-12-15-11-14-8-4-5-9-16(14)17(19-15)10-13-6-2-1-3-7-13/h1-9,11H,10,12H2. The highest BCUT2D eigenvalue weighted by molar-refractivity contribution is 5.85. The van der Waals surface area contributed by atoms with Crippen LogP contribution < -0.4 is 0 Å². The first-order valence-corrected chi connectivity index (χ1v) is 6.34. The highest BCUT2D eigenvalue weighted by Crippen LogP contribution is 2.21. The molecule has 0 bridgehead atoms. The van der Waals surface area contributed by atoms with Crippen LogP contribution in [0.2, 0.25) is 0 Å². The van der Waals surface area contributed by atoms with Gasteiger partial charge in [0.15, 0.2) is 0 Å². The number of halogens is 1. The lowest BCUT2D eigenvalue weighted by molar-refractivity contribution is 0.475. The van der Waals surface area contributed by atoms with Gasteiger partial charge in [0, 0.05) is 11.8 Å². The number of fused-ring (bicyclic) bond motifs is 1. The molecule has 0 amide bonds. The molecule has 3 rings (SSSR count). The minimum atomic E-state index is -0.521. The number of hydrogen-bond donors (Lipinski definition) is 0. The molecule has 1 aromatic heterocycles. The molecular formula is C17H14FN. The number of aromatic nitrogens is 1. The average molecular weight is 251 g/mol. The highest BCUT2D eigenvalue weighted by atomic mass is 19.1. The van der Waals surface area contributed by atoms with Gasteiger partial charge < -0.3 is 0 Å². The van der Waals surface area contributed by atoms with Crippen LogP contribution in [-0.4, -0.2) is 4.98 Å². The highest BCUT2D eigenvalue weighted by Gasteiger charge is 2.06. The van der Waals surface area contributed by atoms with E-state index in [1.807, 2.05) is 48.5 Å². The van der Waals surface area contributed by atoms with E-state index >= 15 is 0 Å². The first kappa shape index (κ1) is 11.8. The van der Waals surface area contributed by atoms with Crippen LogP contribution >= 0.6 is 0 Å². The van der Waals surface area contributed by atoms with Gasteiger partial charge in [-0.1, -0.05) is 54.6 Å². The third kappa shape index (κ3) is 2.48. The van der Waals surface area contributed by atoms with Gasteiger partial charge in [-0.05, 0) is 17.0 Å². The predicted molar refractivity (Wildman–Crippen MR) is 75.8 cm³/mol. The van der Waals surface area contributed by atoms with Crippen molar-refractivity contribution in [1.82, 2.24) is 4.98 Å². The van der Waals surface area contributed by atoms with E-state index in [9.17, 15) is 4.39 Å². The van der Waals surface area contributed by atoms with Crippen molar-refractivity contribution in [1.29, 1.82) is 0 Å². The van der Waals surface area contributed by atoms with Crippen molar-refractivity contribution in [3.63, 3.8) is 0 Å². The molecule has 0 radical (unpaired) electrons. The van der Waals surface area contributed by atoms with Gasteiger partial charge in [-0.2, -0.15) is 0 Å². The molecule has 0 aliphatic rings. The van der Waals surface area contributed by atoms with E-state index < -0.39 is 6.67 Å². The van der Waals surface area contributed by atoms with Crippen LogP contribution in [0.1, 0.15) is 17.0 Å². The molecule has 0 atom stereocenters. The van der Waals surface area contributed by atoms with E-state index in [1.54, 1.807) is 0 Å². The number of benzene rings is 2. The molecule has 0 unspecified atom stereocenters. The molecule has 1 nitrogen and oxygen atoms in total. The number of alkyl halides is 1. The topological polar surface area (TPSA) is 12.9 Å². The predicted octanol–water partition coefficient (Wildman–Crippen LogP) is 4.30. The maximum absolute atomic E-state index is 12.9. The molecular weight excluding hydrogens is 237 g/mol. The fourth-order valence-corrected chi connectivity index (χ4v) is 2.32. The molecule has 94 valence electrons.